The lowest BCUT2D eigenvalue weighted by Crippen LogP contribution is -2.48. The Morgan fingerprint density at radius 2 is 1.86 bits per heavy atom. The summed E-state index contributed by atoms with van der Waals surface area (Å²) < 4.78 is 5.13. The monoisotopic (exact) mass is 316 g/mol. The molecule has 1 saturated heterocycles. The molecule has 1 aliphatic heterocycles. The maximum atomic E-state index is 12.5. The minimum atomic E-state index is 0.109. The summed E-state index contributed by atoms with van der Waals surface area (Å²) in [6, 6.07) is 9.50. The number of nitrogens with zero attached hydrogens (tertiary/aromatic N) is 2. The van der Waals surface area contributed by atoms with Crippen molar-refractivity contribution in [1.29, 1.82) is 0 Å². The van der Waals surface area contributed by atoms with Gasteiger partial charge in [-0.15, -0.1) is 0 Å². The molecule has 1 aliphatic rings. The van der Waals surface area contributed by atoms with E-state index in [1.54, 1.807) is 18.4 Å². The van der Waals surface area contributed by atoms with Crippen molar-refractivity contribution in [3.8, 4) is 5.75 Å². The van der Waals surface area contributed by atoms with E-state index in [0.29, 0.717) is 0 Å². The van der Waals surface area contributed by atoms with Crippen LogP contribution in [0.5, 0.6) is 5.75 Å². The van der Waals surface area contributed by atoms with Gasteiger partial charge in [-0.1, -0.05) is 0 Å². The number of carbonyl (C=O) groups is 1. The Kier molecular flexibility index (Phi) is 4.75. The molecule has 0 saturated carbocycles. The molecule has 1 aromatic heterocycles. The lowest BCUT2D eigenvalue weighted by atomic mass is 10.1. The molecule has 0 unspecified atom stereocenters. The number of methoxy groups -OCH3 is 1. The Bertz CT molecular complexity index is 602. The van der Waals surface area contributed by atoms with Crippen LogP contribution in [0.25, 0.3) is 0 Å². The molecule has 0 bridgehead atoms. The number of rotatable bonds is 4. The van der Waals surface area contributed by atoms with Crippen molar-refractivity contribution in [3.63, 3.8) is 0 Å². The standard InChI is InChI=1S/C17H20N2O2S/c1-21-16-4-2-15(3-5-16)17(20)19-9-7-18(8-10-19)12-14-6-11-22-13-14/h2-6,11,13H,7-10,12H2,1H3. The van der Waals surface area contributed by atoms with E-state index in [-0.39, 0.29) is 5.91 Å². The summed E-state index contributed by atoms with van der Waals surface area (Å²) in [5, 5.41) is 4.30. The van der Waals surface area contributed by atoms with Crippen LogP contribution in [0.3, 0.4) is 0 Å². The van der Waals surface area contributed by atoms with Crippen molar-refractivity contribution in [2.45, 2.75) is 6.54 Å². The van der Waals surface area contributed by atoms with Crippen LogP contribution in [0.1, 0.15) is 15.9 Å². The van der Waals surface area contributed by atoms with Crippen molar-refractivity contribution in [1.82, 2.24) is 9.80 Å². The highest BCUT2D eigenvalue weighted by Gasteiger charge is 2.22. The summed E-state index contributed by atoms with van der Waals surface area (Å²) in [5.74, 6) is 0.884. The highest BCUT2D eigenvalue weighted by molar-refractivity contribution is 7.07. The molecule has 4 nitrogen and oxygen atoms in total. The van der Waals surface area contributed by atoms with E-state index >= 15 is 0 Å². The molecule has 0 aliphatic carbocycles. The molecule has 1 fully saturated rings. The normalized spacial score (nSPS) is 15.8. The number of hydrogen-bond acceptors (Lipinski definition) is 4. The van der Waals surface area contributed by atoms with Crippen LogP contribution in [0.4, 0.5) is 0 Å². The van der Waals surface area contributed by atoms with Gasteiger partial charge >= 0.3 is 0 Å². The van der Waals surface area contributed by atoms with Crippen molar-refractivity contribution in [2.75, 3.05) is 33.3 Å². The van der Waals surface area contributed by atoms with Crippen LogP contribution < -0.4 is 4.74 Å². The van der Waals surface area contributed by atoms with E-state index in [1.807, 2.05) is 29.2 Å². The summed E-state index contributed by atoms with van der Waals surface area (Å²) in [5.41, 5.74) is 2.09. The van der Waals surface area contributed by atoms with Gasteiger partial charge in [0.15, 0.2) is 0 Å². The Balaban J connectivity index is 1.54. The Morgan fingerprint density at radius 1 is 1.14 bits per heavy atom. The number of hydrogen-bond donors (Lipinski definition) is 0. The van der Waals surface area contributed by atoms with Crippen LogP contribution in [-0.4, -0.2) is 49.0 Å². The number of amides is 1. The minimum absolute atomic E-state index is 0.109. The fourth-order valence-corrected chi connectivity index (χ4v) is 3.33. The molecule has 2 heterocycles. The number of carbonyl (C=O) groups excluding carboxylic acids is 1. The van der Waals surface area contributed by atoms with Gasteiger partial charge in [-0.05, 0) is 46.7 Å². The topological polar surface area (TPSA) is 32.8 Å². The zero-order valence-electron chi connectivity index (χ0n) is 12.7. The molecule has 1 aromatic carbocycles. The third-order valence-corrected chi connectivity index (χ3v) is 4.71. The third kappa shape index (κ3) is 3.48. The van der Waals surface area contributed by atoms with E-state index in [1.165, 1.54) is 5.56 Å². The maximum Gasteiger partial charge on any atom is 0.253 e. The summed E-state index contributed by atoms with van der Waals surface area (Å²) in [6.07, 6.45) is 0. The van der Waals surface area contributed by atoms with E-state index in [2.05, 4.69) is 21.7 Å². The summed E-state index contributed by atoms with van der Waals surface area (Å²) in [4.78, 5) is 16.8. The highest BCUT2D eigenvalue weighted by Crippen LogP contribution is 2.16. The molecular weight excluding hydrogens is 296 g/mol. The molecule has 3 rings (SSSR count). The molecule has 116 valence electrons. The quantitative estimate of drug-likeness (QED) is 0.869. The van der Waals surface area contributed by atoms with Crippen LogP contribution in [-0.2, 0) is 6.54 Å². The van der Waals surface area contributed by atoms with Crippen LogP contribution in [0, 0.1) is 0 Å². The molecular formula is C17H20N2O2S. The summed E-state index contributed by atoms with van der Waals surface area (Å²) >= 11 is 1.73. The van der Waals surface area contributed by atoms with Gasteiger partial charge < -0.3 is 9.64 Å². The highest BCUT2D eigenvalue weighted by atomic mass is 32.1. The molecule has 0 N–H and O–H groups in total. The summed E-state index contributed by atoms with van der Waals surface area (Å²) in [6.45, 7) is 4.41. The van der Waals surface area contributed by atoms with E-state index in [9.17, 15) is 4.79 Å². The Morgan fingerprint density at radius 3 is 2.45 bits per heavy atom. The van der Waals surface area contributed by atoms with E-state index in [4.69, 9.17) is 4.74 Å². The van der Waals surface area contributed by atoms with Crippen LogP contribution in [0.2, 0.25) is 0 Å². The fourth-order valence-electron chi connectivity index (χ4n) is 2.67. The predicted octanol–water partition coefficient (Wildman–Crippen LogP) is 2.71. The van der Waals surface area contributed by atoms with Crippen LogP contribution >= 0.6 is 11.3 Å². The minimum Gasteiger partial charge on any atom is -0.497 e. The Labute approximate surface area is 134 Å². The predicted molar refractivity (Wildman–Crippen MR) is 88.5 cm³/mol. The molecule has 22 heavy (non-hydrogen) atoms. The number of thiophene rings is 1. The van der Waals surface area contributed by atoms with Gasteiger partial charge in [0.1, 0.15) is 5.75 Å². The zero-order chi connectivity index (χ0) is 15.4. The molecule has 1 amide bonds. The van der Waals surface area contributed by atoms with E-state index < -0.39 is 0 Å². The molecule has 0 radical (unpaired) electrons. The second-order valence-corrected chi connectivity index (χ2v) is 6.21. The lowest BCUT2D eigenvalue weighted by molar-refractivity contribution is 0.0628. The number of ether oxygens (including phenoxy) is 1. The molecule has 5 heteroatoms. The second kappa shape index (κ2) is 6.94. The third-order valence-electron chi connectivity index (χ3n) is 3.98. The molecule has 2 aromatic rings. The van der Waals surface area contributed by atoms with Gasteiger partial charge in [-0.25, -0.2) is 0 Å². The maximum absolute atomic E-state index is 12.5. The molecule has 0 atom stereocenters. The first kappa shape index (κ1) is 15.1. The van der Waals surface area contributed by atoms with E-state index in [0.717, 1.165) is 44.0 Å². The number of benzene rings is 1. The van der Waals surface area contributed by atoms with Gasteiger partial charge in [-0.3, -0.25) is 9.69 Å². The SMILES string of the molecule is COc1ccc(C(=O)N2CCN(Cc3ccsc3)CC2)cc1. The first-order valence-electron chi connectivity index (χ1n) is 7.43. The van der Waals surface area contributed by atoms with Crippen molar-refractivity contribution >= 4 is 17.2 Å². The summed E-state index contributed by atoms with van der Waals surface area (Å²) in [7, 11) is 1.63. The van der Waals surface area contributed by atoms with Crippen molar-refractivity contribution < 1.29 is 9.53 Å². The van der Waals surface area contributed by atoms with Gasteiger partial charge in [0, 0.05) is 38.3 Å². The Hall–Kier alpha value is -1.85. The smallest absolute Gasteiger partial charge is 0.253 e. The zero-order valence-corrected chi connectivity index (χ0v) is 13.5. The van der Waals surface area contributed by atoms with Gasteiger partial charge in [-0.2, -0.15) is 11.3 Å². The van der Waals surface area contributed by atoms with Crippen molar-refractivity contribution in [3.05, 3.63) is 52.2 Å². The lowest BCUT2D eigenvalue weighted by Gasteiger charge is -2.34. The van der Waals surface area contributed by atoms with Crippen LogP contribution in [0.15, 0.2) is 41.1 Å². The largest absolute Gasteiger partial charge is 0.497 e. The first-order valence-corrected chi connectivity index (χ1v) is 8.37. The van der Waals surface area contributed by atoms with Gasteiger partial charge in [0.05, 0.1) is 7.11 Å². The second-order valence-electron chi connectivity index (χ2n) is 5.43. The van der Waals surface area contributed by atoms with Crippen molar-refractivity contribution in [2.24, 2.45) is 0 Å². The average molecular weight is 316 g/mol. The first-order chi connectivity index (χ1) is 10.8. The van der Waals surface area contributed by atoms with Gasteiger partial charge in [0.2, 0.25) is 0 Å². The molecule has 0 spiro atoms. The number of piperazine rings is 1. The van der Waals surface area contributed by atoms with Gasteiger partial charge in [0.25, 0.3) is 5.91 Å². The average Bonchev–Trinajstić information content (AvgIpc) is 3.08. The fraction of sp³-hybridized carbons (Fsp3) is 0.353.